The number of Topliss-reactive ketones (excluding diaryl/α,β-unsaturated/α-hetero) is 1. The Morgan fingerprint density at radius 1 is 1.60 bits per heavy atom. The van der Waals surface area contributed by atoms with Crippen molar-refractivity contribution >= 4 is 21.7 Å². The van der Waals surface area contributed by atoms with E-state index in [0.29, 0.717) is 19.5 Å². The summed E-state index contributed by atoms with van der Waals surface area (Å²) in [4.78, 5) is 15.4. The van der Waals surface area contributed by atoms with Crippen LogP contribution in [-0.4, -0.2) is 23.9 Å². The molecule has 0 atom stereocenters. The monoisotopic (exact) mass is 266 g/mol. The molecule has 3 nitrogen and oxygen atoms in total. The Bertz CT molecular complexity index is 384. The first-order valence-electron chi connectivity index (χ1n) is 4.47. The largest absolute Gasteiger partial charge is 0.299 e. The number of aromatic nitrogens is 1. The third-order valence-corrected chi connectivity index (χ3v) is 2.15. The maximum Gasteiger partial charge on any atom is 0.151 e. The van der Waals surface area contributed by atoms with Gasteiger partial charge in [-0.15, -0.1) is 6.42 Å². The van der Waals surface area contributed by atoms with E-state index in [-0.39, 0.29) is 5.78 Å². The lowest BCUT2D eigenvalue weighted by atomic mass is 10.1. The Kier molecular flexibility index (Phi) is 5.02. The van der Waals surface area contributed by atoms with Crippen LogP contribution >= 0.6 is 15.9 Å². The molecule has 0 bridgehead atoms. The molecule has 0 aliphatic rings. The maximum absolute atomic E-state index is 11.4. The average Bonchev–Trinajstić information content (AvgIpc) is 2.18. The Balaban J connectivity index is 2.42. The van der Waals surface area contributed by atoms with Gasteiger partial charge >= 0.3 is 0 Å². The van der Waals surface area contributed by atoms with Crippen LogP contribution in [0, 0.1) is 12.3 Å². The minimum absolute atomic E-state index is 0.102. The van der Waals surface area contributed by atoms with Crippen molar-refractivity contribution in [1.82, 2.24) is 10.3 Å². The number of pyridine rings is 1. The molecule has 1 rings (SSSR count). The number of ketones is 1. The number of terminal acetylenes is 1. The first-order valence-corrected chi connectivity index (χ1v) is 5.27. The van der Waals surface area contributed by atoms with Crippen LogP contribution in [0.25, 0.3) is 0 Å². The molecule has 0 spiro atoms. The fourth-order valence-electron chi connectivity index (χ4n) is 1.12. The van der Waals surface area contributed by atoms with Gasteiger partial charge in [0, 0.05) is 23.3 Å². The highest BCUT2D eigenvalue weighted by atomic mass is 79.9. The van der Waals surface area contributed by atoms with Crippen LogP contribution in [0.4, 0.5) is 0 Å². The molecule has 0 aliphatic carbocycles. The van der Waals surface area contributed by atoms with Crippen LogP contribution in [0.5, 0.6) is 0 Å². The molecule has 0 aliphatic heterocycles. The number of hydrogen-bond donors (Lipinski definition) is 1. The minimum Gasteiger partial charge on any atom is -0.299 e. The zero-order valence-electron chi connectivity index (χ0n) is 8.16. The molecule has 0 fully saturated rings. The molecule has 15 heavy (non-hydrogen) atoms. The van der Waals surface area contributed by atoms with Crippen LogP contribution < -0.4 is 5.32 Å². The summed E-state index contributed by atoms with van der Waals surface area (Å²) < 4.78 is 0.879. The minimum atomic E-state index is 0.102. The van der Waals surface area contributed by atoms with Crippen molar-refractivity contribution in [3.8, 4) is 12.3 Å². The summed E-state index contributed by atoms with van der Waals surface area (Å²) in [5.74, 6) is 2.51. The van der Waals surface area contributed by atoms with E-state index in [2.05, 4.69) is 32.2 Å². The van der Waals surface area contributed by atoms with Gasteiger partial charge in [0.1, 0.15) is 0 Å². The van der Waals surface area contributed by atoms with Crippen molar-refractivity contribution in [2.24, 2.45) is 0 Å². The predicted molar refractivity (Wildman–Crippen MR) is 62.4 cm³/mol. The zero-order valence-corrected chi connectivity index (χ0v) is 9.75. The molecule has 1 N–H and O–H groups in total. The maximum atomic E-state index is 11.4. The second kappa shape index (κ2) is 6.33. The highest BCUT2D eigenvalue weighted by Crippen LogP contribution is 2.09. The fourth-order valence-corrected chi connectivity index (χ4v) is 1.53. The number of carbonyl (C=O) groups is 1. The number of rotatable bonds is 5. The van der Waals surface area contributed by atoms with Crippen LogP contribution in [0.2, 0.25) is 0 Å². The van der Waals surface area contributed by atoms with Crippen molar-refractivity contribution in [2.45, 2.75) is 6.42 Å². The topological polar surface area (TPSA) is 42.0 Å². The van der Waals surface area contributed by atoms with Gasteiger partial charge in [0.05, 0.1) is 13.1 Å². The molecule has 4 heteroatoms. The summed E-state index contributed by atoms with van der Waals surface area (Å²) >= 11 is 3.30. The number of nitrogens with one attached hydrogen (secondary N) is 1. The first-order chi connectivity index (χ1) is 7.22. The number of nitrogens with zero attached hydrogens (tertiary/aromatic N) is 1. The molecule has 78 valence electrons. The predicted octanol–water partition coefficient (Wildman–Crippen LogP) is 1.18. The van der Waals surface area contributed by atoms with E-state index in [1.54, 1.807) is 12.4 Å². The van der Waals surface area contributed by atoms with Gasteiger partial charge in [-0.1, -0.05) is 5.92 Å². The molecule has 0 unspecified atom stereocenters. The molecule has 0 aromatic carbocycles. The van der Waals surface area contributed by atoms with Crippen molar-refractivity contribution < 1.29 is 4.79 Å². The van der Waals surface area contributed by atoms with Gasteiger partial charge in [-0.2, -0.15) is 0 Å². The number of hydrogen-bond acceptors (Lipinski definition) is 3. The standard InChI is InChI=1S/C11H11BrN2O/c1-2-3-13-8-11(15)5-9-4-10(12)7-14-6-9/h1,4,6-7,13H,3,5,8H2. The summed E-state index contributed by atoms with van der Waals surface area (Å²) in [6, 6.07) is 1.88. The lowest BCUT2D eigenvalue weighted by Crippen LogP contribution is -2.24. The SMILES string of the molecule is C#CCNCC(=O)Cc1cncc(Br)c1. The lowest BCUT2D eigenvalue weighted by molar-refractivity contribution is -0.117. The van der Waals surface area contributed by atoms with Crippen molar-refractivity contribution in [2.75, 3.05) is 13.1 Å². The van der Waals surface area contributed by atoms with E-state index in [1.807, 2.05) is 6.07 Å². The molecule has 0 saturated heterocycles. The smallest absolute Gasteiger partial charge is 0.151 e. The highest BCUT2D eigenvalue weighted by molar-refractivity contribution is 9.10. The van der Waals surface area contributed by atoms with Gasteiger partial charge in [0.15, 0.2) is 5.78 Å². The molecule has 1 aromatic rings. The average molecular weight is 267 g/mol. The third kappa shape index (κ3) is 4.73. The molecule has 0 radical (unpaired) electrons. The quantitative estimate of drug-likeness (QED) is 0.643. The molecular weight excluding hydrogens is 256 g/mol. The summed E-state index contributed by atoms with van der Waals surface area (Å²) in [6.07, 6.45) is 8.80. The normalized spacial score (nSPS) is 9.60. The highest BCUT2D eigenvalue weighted by Gasteiger charge is 2.03. The molecular formula is C11H11BrN2O. The van der Waals surface area contributed by atoms with E-state index in [1.165, 1.54) is 0 Å². The van der Waals surface area contributed by atoms with Crippen LogP contribution in [0.1, 0.15) is 5.56 Å². The van der Waals surface area contributed by atoms with Gasteiger partial charge in [-0.3, -0.25) is 15.1 Å². The summed E-state index contributed by atoms with van der Waals surface area (Å²) in [5, 5.41) is 2.85. The Hall–Kier alpha value is -1.18. The second-order valence-corrected chi connectivity index (χ2v) is 3.95. The Morgan fingerprint density at radius 3 is 3.07 bits per heavy atom. The second-order valence-electron chi connectivity index (χ2n) is 3.03. The molecule has 1 heterocycles. The van der Waals surface area contributed by atoms with E-state index >= 15 is 0 Å². The number of halogens is 1. The van der Waals surface area contributed by atoms with Crippen LogP contribution in [0.15, 0.2) is 22.9 Å². The van der Waals surface area contributed by atoms with Crippen LogP contribution in [-0.2, 0) is 11.2 Å². The zero-order chi connectivity index (χ0) is 11.1. The van der Waals surface area contributed by atoms with Gasteiger partial charge < -0.3 is 0 Å². The summed E-state index contributed by atoms with van der Waals surface area (Å²) in [5.41, 5.74) is 0.900. The Morgan fingerprint density at radius 2 is 2.40 bits per heavy atom. The van der Waals surface area contributed by atoms with E-state index < -0.39 is 0 Å². The van der Waals surface area contributed by atoms with Gasteiger partial charge in [0.2, 0.25) is 0 Å². The van der Waals surface area contributed by atoms with Crippen molar-refractivity contribution in [3.05, 3.63) is 28.5 Å². The third-order valence-electron chi connectivity index (χ3n) is 1.71. The van der Waals surface area contributed by atoms with Crippen molar-refractivity contribution in [3.63, 3.8) is 0 Å². The Labute approximate surface area is 97.4 Å². The van der Waals surface area contributed by atoms with Crippen LogP contribution in [0.3, 0.4) is 0 Å². The summed E-state index contributed by atoms with van der Waals surface area (Å²) in [6.45, 7) is 0.721. The first kappa shape index (κ1) is 11.9. The van der Waals surface area contributed by atoms with E-state index in [0.717, 1.165) is 10.0 Å². The molecule has 0 amide bonds. The molecule has 1 aromatic heterocycles. The van der Waals surface area contributed by atoms with E-state index in [4.69, 9.17) is 6.42 Å². The van der Waals surface area contributed by atoms with Gasteiger partial charge in [-0.25, -0.2) is 0 Å². The number of carbonyl (C=O) groups excluding carboxylic acids is 1. The summed E-state index contributed by atoms with van der Waals surface area (Å²) in [7, 11) is 0. The fraction of sp³-hybridized carbons (Fsp3) is 0.273. The van der Waals surface area contributed by atoms with Gasteiger partial charge in [-0.05, 0) is 27.6 Å². The lowest BCUT2D eigenvalue weighted by Gasteiger charge is -2.01. The van der Waals surface area contributed by atoms with E-state index in [9.17, 15) is 4.79 Å². The van der Waals surface area contributed by atoms with Gasteiger partial charge in [0.25, 0.3) is 0 Å². The van der Waals surface area contributed by atoms with Crippen molar-refractivity contribution in [1.29, 1.82) is 0 Å². The molecule has 0 saturated carbocycles.